The summed E-state index contributed by atoms with van der Waals surface area (Å²) < 4.78 is 6.16. The normalized spacial score (nSPS) is 20.0. The van der Waals surface area contributed by atoms with Gasteiger partial charge in [-0.05, 0) is 43.9 Å². The minimum absolute atomic E-state index is 0.0439. The molecule has 1 aliphatic carbocycles. The zero-order chi connectivity index (χ0) is 15.1. The molecule has 2 nitrogen and oxygen atoms in total. The van der Waals surface area contributed by atoms with Crippen LogP contribution in [0.5, 0.6) is 0 Å². The second-order valence-corrected chi connectivity index (χ2v) is 6.43. The lowest BCUT2D eigenvalue weighted by Crippen LogP contribution is -2.46. The van der Waals surface area contributed by atoms with Crippen molar-refractivity contribution in [3.63, 3.8) is 0 Å². The first-order valence-electron chi connectivity index (χ1n) is 8.57. The van der Waals surface area contributed by atoms with E-state index < -0.39 is 0 Å². The lowest BCUT2D eigenvalue weighted by Gasteiger charge is -2.41. The minimum Gasteiger partial charge on any atom is -0.376 e. The van der Waals surface area contributed by atoms with E-state index in [4.69, 9.17) is 4.74 Å². The molecule has 0 heterocycles. The molecule has 1 fully saturated rings. The number of hydrogen-bond donors (Lipinski definition) is 1. The number of ether oxygens (including phenoxy) is 1. The third-order valence-electron chi connectivity index (χ3n) is 4.98. The number of rotatable bonds is 6. The largest absolute Gasteiger partial charge is 0.376 e. The maximum absolute atomic E-state index is 6.16. The molecule has 0 aromatic heterocycles. The van der Waals surface area contributed by atoms with E-state index in [1.165, 1.54) is 49.7 Å². The van der Waals surface area contributed by atoms with E-state index in [-0.39, 0.29) is 5.60 Å². The van der Waals surface area contributed by atoms with Gasteiger partial charge < -0.3 is 10.1 Å². The number of benzene rings is 1. The summed E-state index contributed by atoms with van der Waals surface area (Å²) in [6, 6.07) is 9.08. The van der Waals surface area contributed by atoms with Crippen LogP contribution >= 0.6 is 0 Å². The van der Waals surface area contributed by atoms with Crippen molar-refractivity contribution in [3.8, 4) is 0 Å². The fourth-order valence-corrected chi connectivity index (χ4v) is 3.72. The van der Waals surface area contributed by atoms with Gasteiger partial charge in [0, 0.05) is 7.11 Å². The van der Waals surface area contributed by atoms with Gasteiger partial charge in [-0.2, -0.15) is 0 Å². The van der Waals surface area contributed by atoms with Crippen LogP contribution in [-0.4, -0.2) is 19.3 Å². The zero-order valence-electron chi connectivity index (χ0n) is 14.0. The smallest absolute Gasteiger partial charge is 0.0872 e. The van der Waals surface area contributed by atoms with Crippen molar-refractivity contribution in [2.24, 2.45) is 0 Å². The average Bonchev–Trinajstić information content (AvgIpc) is 2.76. The van der Waals surface area contributed by atoms with Crippen molar-refractivity contribution in [1.82, 2.24) is 5.32 Å². The molecule has 1 aliphatic rings. The Morgan fingerprint density at radius 3 is 2.38 bits per heavy atom. The van der Waals surface area contributed by atoms with Gasteiger partial charge in [0.05, 0.1) is 11.6 Å². The number of hydrogen-bond acceptors (Lipinski definition) is 2. The summed E-state index contributed by atoms with van der Waals surface area (Å²) in [6.45, 7) is 5.49. The molecule has 0 aliphatic heterocycles. The maximum Gasteiger partial charge on any atom is 0.0872 e. The number of aryl methyl sites for hydroxylation is 1. The molecule has 1 aromatic rings. The fourth-order valence-electron chi connectivity index (χ4n) is 3.72. The molecule has 118 valence electrons. The Labute approximate surface area is 130 Å². The summed E-state index contributed by atoms with van der Waals surface area (Å²) in [6.07, 6.45) is 8.74. The standard InChI is InChI=1S/C19H31NO/c1-4-15-20-18(17-12-8-7-11-16(17)2)19(21-3)13-9-5-6-10-14-19/h7-8,11-12,18,20H,4-6,9-10,13-15H2,1-3H3. The predicted octanol–water partition coefficient (Wildman–Crippen LogP) is 4.78. The molecule has 1 saturated carbocycles. The Bertz CT molecular complexity index is 421. The van der Waals surface area contributed by atoms with Gasteiger partial charge in [0.1, 0.15) is 0 Å². The molecule has 0 radical (unpaired) electrons. The van der Waals surface area contributed by atoms with Gasteiger partial charge in [0.2, 0.25) is 0 Å². The molecule has 0 amide bonds. The summed E-state index contributed by atoms with van der Waals surface area (Å²) in [5.74, 6) is 0. The molecule has 1 aromatic carbocycles. The van der Waals surface area contributed by atoms with Crippen LogP contribution < -0.4 is 5.32 Å². The first-order valence-corrected chi connectivity index (χ1v) is 8.57. The molecule has 1 atom stereocenters. The molecule has 2 rings (SSSR count). The van der Waals surface area contributed by atoms with Crippen LogP contribution in [0.3, 0.4) is 0 Å². The van der Waals surface area contributed by atoms with E-state index in [1.807, 2.05) is 7.11 Å². The van der Waals surface area contributed by atoms with Crippen LogP contribution in [0, 0.1) is 6.92 Å². The first kappa shape index (κ1) is 16.5. The Balaban J connectivity index is 2.34. The van der Waals surface area contributed by atoms with E-state index >= 15 is 0 Å². The van der Waals surface area contributed by atoms with Crippen LogP contribution in [-0.2, 0) is 4.74 Å². The lowest BCUT2D eigenvalue weighted by molar-refractivity contribution is -0.0541. The zero-order valence-corrected chi connectivity index (χ0v) is 14.0. The van der Waals surface area contributed by atoms with E-state index in [0.717, 1.165) is 13.0 Å². The number of nitrogens with one attached hydrogen (secondary N) is 1. The van der Waals surface area contributed by atoms with Gasteiger partial charge in [-0.1, -0.05) is 56.9 Å². The molecular weight excluding hydrogens is 258 g/mol. The van der Waals surface area contributed by atoms with Gasteiger partial charge in [0.25, 0.3) is 0 Å². The third kappa shape index (κ3) is 3.87. The Morgan fingerprint density at radius 1 is 1.14 bits per heavy atom. The van der Waals surface area contributed by atoms with Gasteiger partial charge in [0.15, 0.2) is 0 Å². The van der Waals surface area contributed by atoms with Crippen LogP contribution in [0.1, 0.15) is 69.0 Å². The Morgan fingerprint density at radius 2 is 1.81 bits per heavy atom. The van der Waals surface area contributed by atoms with Crippen LogP contribution in [0.4, 0.5) is 0 Å². The Kier molecular flexibility index (Phi) is 6.25. The SMILES string of the molecule is CCCNC(c1ccccc1C)C1(OC)CCCCCC1. The van der Waals surface area contributed by atoms with Gasteiger partial charge in [-0.25, -0.2) is 0 Å². The van der Waals surface area contributed by atoms with Crippen LogP contribution in [0.15, 0.2) is 24.3 Å². The van der Waals surface area contributed by atoms with Crippen molar-refractivity contribution < 1.29 is 4.74 Å². The highest BCUT2D eigenvalue weighted by molar-refractivity contribution is 5.31. The summed E-state index contributed by atoms with van der Waals surface area (Å²) in [5, 5.41) is 3.79. The average molecular weight is 289 g/mol. The summed E-state index contributed by atoms with van der Waals surface area (Å²) in [5.41, 5.74) is 2.74. The molecule has 21 heavy (non-hydrogen) atoms. The predicted molar refractivity (Wildman–Crippen MR) is 89.7 cm³/mol. The first-order chi connectivity index (χ1) is 10.2. The molecule has 1 N–H and O–H groups in total. The molecular formula is C19H31NO. The molecule has 0 spiro atoms. The van der Waals surface area contributed by atoms with Crippen LogP contribution in [0.2, 0.25) is 0 Å². The second kappa shape index (κ2) is 7.95. The van der Waals surface area contributed by atoms with E-state index in [1.54, 1.807) is 0 Å². The lowest BCUT2D eigenvalue weighted by atomic mass is 9.80. The topological polar surface area (TPSA) is 21.3 Å². The molecule has 0 saturated heterocycles. The maximum atomic E-state index is 6.16. The van der Waals surface area contributed by atoms with Crippen molar-refractivity contribution in [2.75, 3.05) is 13.7 Å². The highest BCUT2D eigenvalue weighted by Gasteiger charge is 2.40. The highest BCUT2D eigenvalue weighted by atomic mass is 16.5. The fraction of sp³-hybridized carbons (Fsp3) is 0.684. The summed E-state index contributed by atoms with van der Waals surface area (Å²) >= 11 is 0. The summed E-state index contributed by atoms with van der Waals surface area (Å²) in [7, 11) is 1.91. The second-order valence-electron chi connectivity index (χ2n) is 6.43. The highest BCUT2D eigenvalue weighted by Crippen LogP contribution is 2.41. The Hall–Kier alpha value is -0.860. The molecule has 0 bridgehead atoms. The van der Waals surface area contributed by atoms with Crippen molar-refractivity contribution in [2.45, 2.75) is 70.4 Å². The van der Waals surface area contributed by atoms with E-state index in [0.29, 0.717) is 6.04 Å². The number of methoxy groups -OCH3 is 1. The summed E-state index contributed by atoms with van der Waals surface area (Å²) in [4.78, 5) is 0. The van der Waals surface area contributed by atoms with Crippen molar-refractivity contribution >= 4 is 0 Å². The minimum atomic E-state index is -0.0439. The monoisotopic (exact) mass is 289 g/mol. The van der Waals surface area contributed by atoms with E-state index in [2.05, 4.69) is 43.4 Å². The van der Waals surface area contributed by atoms with Gasteiger partial charge in [-0.3, -0.25) is 0 Å². The van der Waals surface area contributed by atoms with Crippen molar-refractivity contribution in [1.29, 1.82) is 0 Å². The quantitative estimate of drug-likeness (QED) is 0.761. The van der Waals surface area contributed by atoms with Crippen molar-refractivity contribution in [3.05, 3.63) is 35.4 Å². The third-order valence-corrected chi connectivity index (χ3v) is 4.98. The molecule has 2 heteroatoms. The van der Waals surface area contributed by atoms with E-state index in [9.17, 15) is 0 Å². The van der Waals surface area contributed by atoms with Gasteiger partial charge >= 0.3 is 0 Å². The van der Waals surface area contributed by atoms with Gasteiger partial charge in [-0.15, -0.1) is 0 Å². The molecule has 1 unspecified atom stereocenters. The van der Waals surface area contributed by atoms with Crippen LogP contribution in [0.25, 0.3) is 0 Å².